The molecule has 0 radical (unpaired) electrons. The van der Waals surface area contributed by atoms with Crippen molar-refractivity contribution >= 4 is 60.5 Å². The molecule has 0 atom stereocenters. The van der Waals surface area contributed by atoms with Gasteiger partial charge in [0.25, 0.3) is 0 Å². The highest BCUT2D eigenvalue weighted by atomic mass is 16.3. The Balaban J connectivity index is 1.03. The van der Waals surface area contributed by atoms with Gasteiger partial charge >= 0.3 is 0 Å². The minimum Gasteiger partial charge on any atom is -0.456 e. The van der Waals surface area contributed by atoms with E-state index in [4.69, 9.17) is 4.42 Å². The standard InChI is InChI=1S/C57H39NO/c1-57(2)50-24-12-22-44(38-16-7-4-8-17-38)54(50)48-31-30-43(35-51(48)57)58(41-28-26-37(27-29-41)36-14-5-3-6-15-36)42-19-11-18-39(32-42)40-33-49-46-21-10-9-20-45(46)47-23-13-25-52-55(47)56(49)53(34-40)59-52/h3-35H,1-2H3. The number of hydrogen-bond donors (Lipinski definition) is 0. The zero-order valence-electron chi connectivity index (χ0n) is 32.9. The number of nitrogens with zero attached hydrogens (tertiary/aromatic N) is 1. The lowest BCUT2D eigenvalue weighted by Gasteiger charge is -2.28. The summed E-state index contributed by atoms with van der Waals surface area (Å²) in [4.78, 5) is 2.42. The van der Waals surface area contributed by atoms with Gasteiger partial charge in [-0.05, 0) is 132 Å². The zero-order valence-corrected chi connectivity index (χ0v) is 32.9. The second kappa shape index (κ2) is 12.8. The normalized spacial score (nSPS) is 13.1. The molecule has 0 saturated carbocycles. The van der Waals surface area contributed by atoms with E-state index < -0.39 is 0 Å². The molecule has 11 aromatic rings. The number of fused-ring (bicyclic) bond motifs is 6. The summed E-state index contributed by atoms with van der Waals surface area (Å²) in [5.41, 5.74) is 17.5. The Bertz CT molecular complexity index is 3390. The van der Waals surface area contributed by atoms with Gasteiger partial charge in [0.2, 0.25) is 0 Å². The van der Waals surface area contributed by atoms with E-state index in [1.54, 1.807) is 0 Å². The van der Waals surface area contributed by atoms with E-state index in [2.05, 4.69) is 219 Å². The summed E-state index contributed by atoms with van der Waals surface area (Å²) in [6.45, 7) is 4.75. The SMILES string of the molecule is CC1(C)c2cc(N(c3ccc(-c4ccccc4)cc3)c3cccc(-c4cc5oc6cccc7c8ccccc8c(c4)c5c67)c3)ccc2-c2c(-c3ccccc3)cccc21. The Labute approximate surface area is 343 Å². The minimum absolute atomic E-state index is 0.185. The van der Waals surface area contributed by atoms with Crippen LogP contribution in [0.5, 0.6) is 0 Å². The second-order valence-corrected chi connectivity index (χ2v) is 16.5. The van der Waals surface area contributed by atoms with Crippen LogP contribution in [0.1, 0.15) is 25.0 Å². The van der Waals surface area contributed by atoms with Crippen LogP contribution in [0.25, 0.3) is 88.0 Å². The van der Waals surface area contributed by atoms with Crippen molar-refractivity contribution in [1.29, 1.82) is 0 Å². The van der Waals surface area contributed by atoms with Crippen LogP contribution < -0.4 is 4.90 Å². The third-order valence-corrected chi connectivity index (χ3v) is 12.8. The van der Waals surface area contributed by atoms with Crippen molar-refractivity contribution in [3.63, 3.8) is 0 Å². The van der Waals surface area contributed by atoms with Crippen molar-refractivity contribution in [3.8, 4) is 44.5 Å². The Morgan fingerprint density at radius 3 is 1.76 bits per heavy atom. The molecule has 2 heteroatoms. The van der Waals surface area contributed by atoms with Gasteiger partial charge in [0.05, 0.1) is 0 Å². The summed E-state index contributed by atoms with van der Waals surface area (Å²) >= 11 is 0. The van der Waals surface area contributed by atoms with Crippen LogP contribution in [0, 0.1) is 0 Å². The lowest BCUT2D eigenvalue weighted by molar-refractivity contribution is 0.660. The molecule has 59 heavy (non-hydrogen) atoms. The zero-order chi connectivity index (χ0) is 39.2. The molecule has 0 N–H and O–H groups in total. The second-order valence-electron chi connectivity index (χ2n) is 16.5. The van der Waals surface area contributed by atoms with Crippen molar-refractivity contribution < 1.29 is 4.42 Å². The van der Waals surface area contributed by atoms with Gasteiger partial charge in [-0.1, -0.05) is 159 Å². The highest BCUT2D eigenvalue weighted by Crippen LogP contribution is 2.54. The van der Waals surface area contributed by atoms with Crippen molar-refractivity contribution in [2.45, 2.75) is 19.3 Å². The predicted molar refractivity (Wildman–Crippen MR) is 248 cm³/mol. The molecule has 1 aliphatic rings. The fourth-order valence-electron chi connectivity index (χ4n) is 9.98. The summed E-state index contributed by atoms with van der Waals surface area (Å²) < 4.78 is 6.63. The maximum atomic E-state index is 6.63. The van der Waals surface area contributed by atoms with Crippen LogP contribution in [0.15, 0.2) is 205 Å². The molecule has 278 valence electrons. The van der Waals surface area contributed by atoms with E-state index in [9.17, 15) is 0 Å². The summed E-state index contributed by atoms with van der Waals surface area (Å²) in [5, 5.41) is 7.37. The molecule has 0 amide bonds. The third-order valence-electron chi connectivity index (χ3n) is 12.8. The fraction of sp³-hybridized carbons (Fsp3) is 0.0526. The molecule has 0 bridgehead atoms. The van der Waals surface area contributed by atoms with Gasteiger partial charge in [0.15, 0.2) is 0 Å². The molecule has 0 aliphatic heterocycles. The lowest BCUT2D eigenvalue weighted by atomic mass is 9.81. The first-order valence-corrected chi connectivity index (χ1v) is 20.5. The van der Waals surface area contributed by atoms with Gasteiger partial charge in [0.1, 0.15) is 11.2 Å². The molecule has 0 unspecified atom stereocenters. The minimum atomic E-state index is -0.185. The first-order valence-electron chi connectivity index (χ1n) is 20.5. The van der Waals surface area contributed by atoms with Crippen molar-refractivity contribution in [1.82, 2.24) is 0 Å². The fourth-order valence-corrected chi connectivity index (χ4v) is 9.98. The summed E-state index contributed by atoms with van der Waals surface area (Å²) in [6, 6.07) is 73.1. The Morgan fingerprint density at radius 1 is 0.356 bits per heavy atom. The highest BCUT2D eigenvalue weighted by Gasteiger charge is 2.37. The van der Waals surface area contributed by atoms with Crippen molar-refractivity contribution in [2.75, 3.05) is 4.90 Å². The van der Waals surface area contributed by atoms with Crippen LogP contribution in [0.2, 0.25) is 0 Å². The Morgan fingerprint density at radius 2 is 0.966 bits per heavy atom. The van der Waals surface area contributed by atoms with Crippen LogP contribution in [0.3, 0.4) is 0 Å². The molecule has 0 saturated heterocycles. The van der Waals surface area contributed by atoms with E-state index in [-0.39, 0.29) is 5.41 Å². The number of rotatable bonds is 6. The molecular formula is C57H39NO. The molecule has 0 spiro atoms. The monoisotopic (exact) mass is 753 g/mol. The average Bonchev–Trinajstić information content (AvgIpc) is 3.79. The van der Waals surface area contributed by atoms with Crippen molar-refractivity contribution in [2.24, 2.45) is 0 Å². The number of furan rings is 1. The van der Waals surface area contributed by atoms with E-state index in [1.807, 2.05) is 0 Å². The van der Waals surface area contributed by atoms with Crippen LogP contribution in [0.4, 0.5) is 17.1 Å². The summed E-state index contributed by atoms with van der Waals surface area (Å²) in [5.74, 6) is 0. The largest absolute Gasteiger partial charge is 0.456 e. The smallest absolute Gasteiger partial charge is 0.136 e. The first-order chi connectivity index (χ1) is 29.0. The van der Waals surface area contributed by atoms with Gasteiger partial charge in [-0.25, -0.2) is 0 Å². The van der Waals surface area contributed by atoms with Crippen LogP contribution >= 0.6 is 0 Å². The van der Waals surface area contributed by atoms with Gasteiger partial charge in [0, 0.05) is 33.2 Å². The maximum Gasteiger partial charge on any atom is 0.136 e. The molecule has 0 fully saturated rings. The molecule has 2 nitrogen and oxygen atoms in total. The summed E-state index contributed by atoms with van der Waals surface area (Å²) in [6.07, 6.45) is 0. The Hall–Kier alpha value is -7.42. The topological polar surface area (TPSA) is 16.4 Å². The average molecular weight is 754 g/mol. The van der Waals surface area contributed by atoms with Gasteiger partial charge in [-0.3, -0.25) is 0 Å². The predicted octanol–water partition coefficient (Wildman–Crippen LogP) is 16.1. The quantitative estimate of drug-likeness (QED) is 0.157. The van der Waals surface area contributed by atoms with Gasteiger partial charge in [-0.15, -0.1) is 0 Å². The molecule has 1 aliphatic carbocycles. The van der Waals surface area contributed by atoms with E-state index >= 15 is 0 Å². The Kier molecular flexibility index (Phi) is 7.31. The first kappa shape index (κ1) is 33.7. The molecule has 12 rings (SSSR count). The van der Waals surface area contributed by atoms with Crippen LogP contribution in [-0.2, 0) is 5.41 Å². The lowest BCUT2D eigenvalue weighted by Crippen LogP contribution is -2.16. The van der Waals surface area contributed by atoms with E-state index in [1.165, 1.54) is 76.8 Å². The molecule has 1 aromatic heterocycles. The summed E-state index contributed by atoms with van der Waals surface area (Å²) in [7, 11) is 0. The third kappa shape index (κ3) is 5.13. The maximum absolute atomic E-state index is 6.63. The highest BCUT2D eigenvalue weighted by molar-refractivity contribution is 6.33. The number of benzene rings is 10. The van der Waals surface area contributed by atoms with Gasteiger partial charge < -0.3 is 9.32 Å². The number of anilines is 3. The van der Waals surface area contributed by atoms with E-state index in [0.29, 0.717) is 0 Å². The van der Waals surface area contributed by atoms with Crippen molar-refractivity contribution in [3.05, 3.63) is 211 Å². The number of hydrogen-bond acceptors (Lipinski definition) is 2. The molecule has 1 heterocycles. The van der Waals surface area contributed by atoms with Crippen LogP contribution in [-0.4, -0.2) is 0 Å². The molecular weight excluding hydrogens is 715 g/mol. The molecule has 10 aromatic carbocycles. The van der Waals surface area contributed by atoms with E-state index in [0.717, 1.165) is 39.4 Å². The van der Waals surface area contributed by atoms with Gasteiger partial charge in [-0.2, -0.15) is 0 Å².